The maximum atomic E-state index is 12.5. The lowest BCUT2D eigenvalue weighted by Crippen LogP contribution is -2.40. The molecule has 2 heterocycles. The lowest BCUT2D eigenvalue weighted by molar-refractivity contribution is -0.132. The number of fused-ring (bicyclic) bond motifs is 1. The molecule has 1 aromatic heterocycles. The van der Waals surface area contributed by atoms with Gasteiger partial charge in [-0.2, -0.15) is 4.37 Å². The van der Waals surface area contributed by atoms with Crippen LogP contribution in [0.4, 0.5) is 0 Å². The molecule has 0 saturated heterocycles. The van der Waals surface area contributed by atoms with E-state index in [0.717, 1.165) is 17.1 Å². The van der Waals surface area contributed by atoms with Crippen LogP contribution < -0.4 is 14.8 Å². The Balaban J connectivity index is 1.63. The van der Waals surface area contributed by atoms with Crippen molar-refractivity contribution in [3.8, 4) is 11.5 Å². The first kappa shape index (κ1) is 19.7. The average molecular weight is 431 g/mol. The number of carbonyl (C=O) groups excluding carboxylic acids is 2. The molecule has 0 fully saturated rings. The van der Waals surface area contributed by atoms with Gasteiger partial charge in [0, 0.05) is 6.54 Å². The summed E-state index contributed by atoms with van der Waals surface area (Å²) in [5, 5.41) is 2.78. The van der Waals surface area contributed by atoms with Crippen LogP contribution in [0.2, 0.25) is 9.36 Å². The Morgan fingerprint density at radius 3 is 2.70 bits per heavy atom. The fourth-order valence-corrected chi connectivity index (χ4v) is 3.37. The molecule has 27 heavy (non-hydrogen) atoms. The lowest BCUT2D eigenvalue weighted by Gasteiger charge is -2.20. The Labute approximate surface area is 169 Å². The highest BCUT2D eigenvalue weighted by molar-refractivity contribution is 7.11. The van der Waals surface area contributed by atoms with Crippen molar-refractivity contribution in [3.05, 3.63) is 38.8 Å². The van der Waals surface area contributed by atoms with Gasteiger partial charge in [-0.3, -0.25) is 4.79 Å². The van der Waals surface area contributed by atoms with Crippen LogP contribution in [0.15, 0.2) is 18.2 Å². The molecule has 0 bridgehead atoms. The summed E-state index contributed by atoms with van der Waals surface area (Å²) in [6.45, 7) is 3.97. The first-order valence-electron chi connectivity index (χ1n) is 8.04. The van der Waals surface area contributed by atoms with Gasteiger partial charge >= 0.3 is 5.97 Å². The summed E-state index contributed by atoms with van der Waals surface area (Å²) >= 11 is 12.6. The zero-order valence-corrected chi connectivity index (χ0v) is 16.8. The normalized spacial score (nSPS) is 13.5. The van der Waals surface area contributed by atoms with Gasteiger partial charge in [0.1, 0.15) is 9.36 Å². The van der Waals surface area contributed by atoms with Crippen LogP contribution in [0, 0.1) is 5.92 Å². The van der Waals surface area contributed by atoms with Crippen LogP contribution in [0.25, 0.3) is 0 Å². The van der Waals surface area contributed by atoms with E-state index in [-0.39, 0.29) is 34.3 Å². The molecule has 1 aliphatic rings. The predicted octanol–water partition coefficient (Wildman–Crippen LogP) is 3.68. The molecule has 1 aliphatic heterocycles. The summed E-state index contributed by atoms with van der Waals surface area (Å²) < 4.78 is 19.9. The summed E-state index contributed by atoms with van der Waals surface area (Å²) in [5.74, 6) is -0.173. The standard InChI is InChI=1S/C17H16Cl2N2O5S/c1-8(2)14(26-17(23)13-12(18)15(19)27-21-13)16(22)20-6-9-3-4-10-11(5-9)25-7-24-10/h3-5,8,14H,6-7H2,1-2H3,(H,20,22)/t14-/m0/s1. The molecule has 1 N–H and O–H groups in total. The molecule has 0 unspecified atom stereocenters. The van der Waals surface area contributed by atoms with Crippen molar-refractivity contribution in [1.29, 1.82) is 0 Å². The predicted molar refractivity (Wildman–Crippen MR) is 101 cm³/mol. The number of rotatable bonds is 6. The molecule has 1 atom stereocenters. The molecule has 144 valence electrons. The zero-order chi connectivity index (χ0) is 19.6. The van der Waals surface area contributed by atoms with E-state index in [0.29, 0.717) is 11.5 Å². The van der Waals surface area contributed by atoms with Gasteiger partial charge in [0.2, 0.25) is 6.79 Å². The molecule has 0 aliphatic carbocycles. The van der Waals surface area contributed by atoms with Crippen LogP contribution >= 0.6 is 34.7 Å². The molecule has 0 saturated carbocycles. The quantitative estimate of drug-likeness (QED) is 0.703. The van der Waals surface area contributed by atoms with Crippen molar-refractivity contribution in [1.82, 2.24) is 9.69 Å². The Kier molecular flexibility index (Phi) is 6.08. The van der Waals surface area contributed by atoms with Gasteiger partial charge in [-0.15, -0.1) is 0 Å². The smallest absolute Gasteiger partial charge is 0.360 e. The van der Waals surface area contributed by atoms with Gasteiger partial charge in [-0.1, -0.05) is 43.1 Å². The Morgan fingerprint density at radius 2 is 2.04 bits per heavy atom. The summed E-state index contributed by atoms with van der Waals surface area (Å²) in [6.07, 6.45) is -0.997. The first-order chi connectivity index (χ1) is 12.9. The topological polar surface area (TPSA) is 86.8 Å². The van der Waals surface area contributed by atoms with E-state index in [1.807, 2.05) is 6.07 Å². The van der Waals surface area contributed by atoms with Crippen molar-refractivity contribution < 1.29 is 23.8 Å². The van der Waals surface area contributed by atoms with Crippen LogP contribution in [0.1, 0.15) is 29.9 Å². The third kappa shape index (κ3) is 4.45. The van der Waals surface area contributed by atoms with Crippen LogP contribution in [-0.2, 0) is 16.1 Å². The van der Waals surface area contributed by atoms with Gasteiger partial charge in [-0.05, 0) is 35.1 Å². The second-order valence-electron chi connectivity index (χ2n) is 6.09. The molecular formula is C17H16Cl2N2O5S. The number of benzene rings is 1. The van der Waals surface area contributed by atoms with Gasteiger partial charge in [0.05, 0.1) is 0 Å². The highest BCUT2D eigenvalue weighted by atomic mass is 35.5. The summed E-state index contributed by atoms with van der Waals surface area (Å²) in [7, 11) is 0. The van der Waals surface area contributed by atoms with Gasteiger partial charge in [0.25, 0.3) is 5.91 Å². The average Bonchev–Trinajstić information content (AvgIpc) is 3.23. The number of nitrogens with zero attached hydrogens (tertiary/aromatic N) is 1. The zero-order valence-electron chi connectivity index (χ0n) is 14.5. The fraction of sp³-hybridized carbons (Fsp3) is 0.353. The molecule has 3 rings (SSSR count). The number of nitrogens with one attached hydrogen (secondary N) is 1. The molecule has 1 aromatic carbocycles. The van der Waals surface area contributed by atoms with Crippen LogP contribution in [-0.4, -0.2) is 29.1 Å². The third-order valence-electron chi connectivity index (χ3n) is 3.79. The molecule has 1 amide bonds. The number of hydrogen-bond donors (Lipinski definition) is 1. The van der Waals surface area contributed by atoms with Crippen molar-refractivity contribution in [2.75, 3.05) is 6.79 Å². The van der Waals surface area contributed by atoms with E-state index in [1.54, 1.807) is 26.0 Å². The van der Waals surface area contributed by atoms with Gasteiger partial charge in [-0.25, -0.2) is 4.79 Å². The number of halogens is 2. The number of aromatic nitrogens is 1. The minimum atomic E-state index is -0.997. The minimum Gasteiger partial charge on any atom is -0.454 e. The summed E-state index contributed by atoms with van der Waals surface area (Å²) in [4.78, 5) is 24.8. The SMILES string of the molecule is CC(C)[C@H](OC(=O)c1nsc(Cl)c1Cl)C(=O)NCc1ccc2c(c1)OCO2. The molecule has 0 radical (unpaired) electrons. The van der Waals surface area contributed by atoms with E-state index < -0.39 is 18.0 Å². The summed E-state index contributed by atoms with van der Waals surface area (Å²) in [6, 6.07) is 5.38. The first-order valence-corrected chi connectivity index (χ1v) is 9.57. The highest BCUT2D eigenvalue weighted by Gasteiger charge is 2.29. The Morgan fingerprint density at radius 1 is 1.30 bits per heavy atom. The number of esters is 1. The molecule has 10 heteroatoms. The summed E-state index contributed by atoms with van der Waals surface area (Å²) in [5.41, 5.74) is 0.733. The van der Waals surface area contributed by atoms with Crippen molar-refractivity contribution in [2.24, 2.45) is 5.92 Å². The maximum Gasteiger partial charge on any atom is 0.360 e. The molecule has 2 aromatic rings. The fourth-order valence-electron chi connectivity index (χ4n) is 2.39. The number of hydrogen-bond acceptors (Lipinski definition) is 7. The van der Waals surface area contributed by atoms with E-state index in [9.17, 15) is 9.59 Å². The van der Waals surface area contributed by atoms with E-state index in [2.05, 4.69) is 9.69 Å². The second-order valence-corrected chi connectivity index (χ2v) is 7.85. The molecular weight excluding hydrogens is 415 g/mol. The van der Waals surface area contributed by atoms with Crippen LogP contribution in [0.3, 0.4) is 0 Å². The van der Waals surface area contributed by atoms with Crippen molar-refractivity contribution in [3.63, 3.8) is 0 Å². The van der Waals surface area contributed by atoms with Crippen molar-refractivity contribution >= 4 is 46.6 Å². The van der Waals surface area contributed by atoms with E-state index >= 15 is 0 Å². The van der Waals surface area contributed by atoms with Gasteiger partial charge in [0.15, 0.2) is 23.3 Å². The van der Waals surface area contributed by atoms with Gasteiger partial charge < -0.3 is 19.5 Å². The van der Waals surface area contributed by atoms with E-state index in [4.69, 9.17) is 37.4 Å². The lowest BCUT2D eigenvalue weighted by atomic mass is 10.1. The Hall–Kier alpha value is -2.03. The largest absolute Gasteiger partial charge is 0.454 e. The molecule has 0 spiro atoms. The number of carbonyl (C=O) groups is 2. The number of ether oxygens (including phenoxy) is 3. The van der Waals surface area contributed by atoms with Crippen molar-refractivity contribution in [2.45, 2.75) is 26.5 Å². The second kappa shape index (κ2) is 8.33. The third-order valence-corrected chi connectivity index (χ3v) is 5.40. The monoisotopic (exact) mass is 430 g/mol. The highest BCUT2D eigenvalue weighted by Crippen LogP contribution is 2.32. The minimum absolute atomic E-state index is 0.0231. The molecule has 7 nitrogen and oxygen atoms in total. The van der Waals surface area contributed by atoms with E-state index in [1.165, 1.54) is 0 Å². The number of amides is 1. The maximum absolute atomic E-state index is 12.5. The van der Waals surface area contributed by atoms with Crippen LogP contribution in [0.5, 0.6) is 11.5 Å². The Bertz CT molecular complexity index is 871.